The molecule has 0 spiro atoms. The molecule has 0 aliphatic carbocycles. The Balaban J connectivity index is 2.73. The maximum Gasteiger partial charge on any atom is 0.155 e. The van der Waals surface area contributed by atoms with Crippen molar-refractivity contribution in [1.29, 1.82) is 0 Å². The van der Waals surface area contributed by atoms with Crippen LogP contribution in [-0.2, 0) is 16.3 Å². The second-order valence-corrected chi connectivity index (χ2v) is 7.61. The molecule has 0 aliphatic rings. The monoisotopic (exact) mass is 305 g/mol. The highest BCUT2D eigenvalue weighted by atomic mass is 35.5. The molecule has 1 rings (SSSR count). The Hall–Kier alpha value is -0.780. The van der Waals surface area contributed by atoms with Crippen LogP contribution >= 0.6 is 11.6 Å². The zero-order valence-corrected chi connectivity index (χ0v) is 12.8. The second kappa shape index (κ2) is 7.12. The van der Waals surface area contributed by atoms with Crippen LogP contribution in [0.15, 0.2) is 18.2 Å². The van der Waals surface area contributed by atoms with Gasteiger partial charge in [0.15, 0.2) is 9.84 Å². The topological polar surface area (TPSA) is 69.4 Å². The summed E-state index contributed by atoms with van der Waals surface area (Å²) in [5.41, 5.74) is 6.42. The lowest BCUT2D eigenvalue weighted by Gasteiger charge is -2.13. The maximum absolute atomic E-state index is 11.7. The van der Waals surface area contributed by atoms with E-state index in [1.54, 1.807) is 19.9 Å². The lowest BCUT2D eigenvalue weighted by molar-refractivity contribution is 0.337. The SMILES string of the molecule is CC(C)S(=O)(=O)CCOc1c(Cl)cccc1CCN. The van der Waals surface area contributed by atoms with E-state index in [1.165, 1.54) is 0 Å². The van der Waals surface area contributed by atoms with Crippen molar-refractivity contribution in [3.8, 4) is 5.75 Å². The van der Waals surface area contributed by atoms with E-state index < -0.39 is 15.1 Å². The number of hydrogen-bond acceptors (Lipinski definition) is 4. The van der Waals surface area contributed by atoms with Gasteiger partial charge >= 0.3 is 0 Å². The number of hydrogen-bond donors (Lipinski definition) is 1. The van der Waals surface area contributed by atoms with E-state index in [-0.39, 0.29) is 12.4 Å². The minimum atomic E-state index is -3.10. The zero-order chi connectivity index (χ0) is 14.5. The van der Waals surface area contributed by atoms with Crippen molar-refractivity contribution in [1.82, 2.24) is 0 Å². The number of ether oxygens (including phenoxy) is 1. The van der Waals surface area contributed by atoms with Gasteiger partial charge in [0.05, 0.1) is 16.0 Å². The molecule has 0 fully saturated rings. The fraction of sp³-hybridized carbons (Fsp3) is 0.538. The maximum atomic E-state index is 11.7. The normalized spacial score (nSPS) is 11.8. The molecular formula is C13H20ClNO3S. The van der Waals surface area contributed by atoms with Crippen LogP contribution in [0.4, 0.5) is 0 Å². The predicted molar refractivity (Wildman–Crippen MR) is 78.6 cm³/mol. The van der Waals surface area contributed by atoms with Crippen LogP contribution < -0.4 is 10.5 Å². The van der Waals surface area contributed by atoms with Crippen LogP contribution in [0.3, 0.4) is 0 Å². The molecule has 0 radical (unpaired) electrons. The van der Waals surface area contributed by atoms with Crippen LogP contribution in [0.1, 0.15) is 19.4 Å². The molecule has 0 unspecified atom stereocenters. The third-order valence-electron chi connectivity index (χ3n) is 2.79. The Kier molecular flexibility index (Phi) is 6.10. The van der Waals surface area contributed by atoms with Gasteiger partial charge in [-0.1, -0.05) is 23.7 Å². The van der Waals surface area contributed by atoms with Gasteiger partial charge in [-0.25, -0.2) is 8.42 Å². The van der Waals surface area contributed by atoms with Gasteiger partial charge in [0.1, 0.15) is 12.4 Å². The minimum absolute atomic E-state index is 0.0159. The summed E-state index contributed by atoms with van der Waals surface area (Å²) in [4.78, 5) is 0. The summed E-state index contributed by atoms with van der Waals surface area (Å²) in [6.45, 7) is 3.90. The third kappa shape index (κ3) is 4.67. The largest absolute Gasteiger partial charge is 0.491 e. The number of benzene rings is 1. The van der Waals surface area contributed by atoms with Crippen molar-refractivity contribution < 1.29 is 13.2 Å². The summed E-state index contributed by atoms with van der Waals surface area (Å²) in [7, 11) is -3.10. The number of nitrogens with two attached hydrogens (primary N) is 1. The van der Waals surface area contributed by atoms with E-state index in [0.717, 1.165) is 5.56 Å². The lowest BCUT2D eigenvalue weighted by atomic mass is 10.1. The standard InChI is InChI=1S/C13H20ClNO3S/c1-10(2)19(16,17)9-8-18-13-11(6-7-15)4-3-5-12(13)14/h3-5,10H,6-9,15H2,1-2H3. The first kappa shape index (κ1) is 16.3. The van der Waals surface area contributed by atoms with Crippen molar-refractivity contribution >= 4 is 21.4 Å². The second-order valence-electron chi connectivity index (χ2n) is 4.53. The van der Waals surface area contributed by atoms with Crippen LogP contribution in [-0.4, -0.2) is 32.6 Å². The highest BCUT2D eigenvalue weighted by Gasteiger charge is 2.17. The smallest absolute Gasteiger partial charge is 0.155 e. The van der Waals surface area contributed by atoms with Gasteiger partial charge in [-0.05, 0) is 38.4 Å². The molecule has 1 aromatic carbocycles. The Morgan fingerprint density at radius 2 is 2.05 bits per heavy atom. The van der Waals surface area contributed by atoms with Crippen LogP contribution in [0.5, 0.6) is 5.75 Å². The Bertz CT molecular complexity index is 515. The lowest BCUT2D eigenvalue weighted by Crippen LogP contribution is -2.22. The molecule has 0 saturated carbocycles. The van der Waals surface area contributed by atoms with E-state index in [1.807, 2.05) is 12.1 Å². The summed E-state index contributed by atoms with van der Waals surface area (Å²) in [6.07, 6.45) is 0.646. The Morgan fingerprint density at radius 1 is 1.37 bits per heavy atom. The van der Waals surface area contributed by atoms with Gasteiger partial charge in [-0.3, -0.25) is 0 Å². The summed E-state index contributed by atoms with van der Waals surface area (Å²) >= 11 is 6.06. The van der Waals surface area contributed by atoms with Gasteiger partial charge in [0, 0.05) is 0 Å². The van der Waals surface area contributed by atoms with E-state index in [0.29, 0.717) is 23.7 Å². The highest BCUT2D eigenvalue weighted by molar-refractivity contribution is 7.91. The molecule has 0 atom stereocenters. The van der Waals surface area contributed by atoms with Gasteiger partial charge in [0.25, 0.3) is 0 Å². The molecule has 6 heteroatoms. The van der Waals surface area contributed by atoms with Gasteiger partial charge < -0.3 is 10.5 Å². The van der Waals surface area contributed by atoms with Crippen LogP contribution in [0, 0.1) is 0 Å². The number of halogens is 1. The molecule has 19 heavy (non-hydrogen) atoms. The van der Waals surface area contributed by atoms with E-state index in [9.17, 15) is 8.42 Å². The number of sulfone groups is 1. The van der Waals surface area contributed by atoms with Crippen molar-refractivity contribution in [3.05, 3.63) is 28.8 Å². The first-order chi connectivity index (χ1) is 8.88. The van der Waals surface area contributed by atoms with Gasteiger partial charge in [0.2, 0.25) is 0 Å². The molecular weight excluding hydrogens is 286 g/mol. The fourth-order valence-electron chi connectivity index (χ4n) is 1.56. The zero-order valence-electron chi connectivity index (χ0n) is 11.2. The number of rotatable bonds is 7. The van der Waals surface area contributed by atoms with Crippen molar-refractivity contribution in [2.24, 2.45) is 5.73 Å². The third-order valence-corrected chi connectivity index (χ3v) is 5.26. The number of para-hydroxylation sites is 1. The summed E-state index contributed by atoms with van der Waals surface area (Å²) in [6, 6.07) is 5.42. The van der Waals surface area contributed by atoms with E-state index in [4.69, 9.17) is 22.1 Å². The summed E-state index contributed by atoms with van der Waals surface area (Å²) < 4.78 is 28.9. The molecule has 0 bridgehead atoms. The molecule has 108 valence electrons. The molecule has 4 nitrogen and oxygen atoms in total. The molecule has 0 heterocycles. The Morgan fingerprint density at radius 3 is 2.63 bits per heavy atom. The highest BCUT2D eigenvalue weighted by Crippen LogP contribution is 2.28. The quantitative estimate of drug-likeness (QED) is 0.837. The minimum Gasteiger partial charge on any atom is -0.491 e. The molecule has 0 aromatic heterocycles. The van der Waals surface area contributed by atoms with Crippen LogP contribution in [0.25, 0.3) is 0 Å². The van der Waals surface area contributed by atoms with Crippen LogP contribution in [0.2, 0.25) is 5.02 Å². The van der Waals surface area contributed by atoms with E-state index in [2.05, 4.69) is 0 Å². The first-order valence-electron chi connectivity index (χ1n) is 6.20. The predicted octanol–water partition coefficient (Wildman–Crippen LogP) is 2.04. The Labute approximate surface area is 119 Å². The molecule has 0 aliphatic heterocycles. The molecule has 2 N–H and O–H groups in total. The van der Waals surface area contributed by atoms with Crippen molar-refractivity contribution in [3.63, 3.8) is 0 Å². The average molecular weight is 306 g/mol. The van der Waals surface area contributed by atoms with E-state index >= 15 is 0 Å². The van der Waals surface area contributed by atoms with Crippen molar-refractivity contribution in [2.75, 3.05) is 18.9 Å². The summed E-state index contributed by atoms with van der Waals surface area (Å²) in [5.74, 6) is 0.520. The van der Waals surface area contributed by atoms with Gasteiger partial charge in [-0.15, -0.1) is 0 Å². The van der Waals surface area contributed by atoms with Crippen molar-refractivity contribution in [2.45, 2.75) is 25.5 Å². The molecule has 0 amide bonds. The fourth-order valence-corrected chi connectivity index (χ4v) is 2.60. The molecule has 1 aromatic rings. The average Bonchev–Trinajstić information content (AvgIpc) is 2.32. The first-order valence-corrected chi connectivity index (χ1v) is 8.29. The van der Waals surface area contributed by atoms with Gasteiger partial charge in [-0.2, -0.15) is 0 Å². The molecule has 0 saturated heterocycles. The summed E-state index contributed by atoms with van der Waals surface area (Å²) in [5, 5.41) is 0.0822.